The van der Waals surface area contributed by atoms with Gasteiger partial charge in [-0.1, -0.05) is 11.8 Å². The highest BCUT2D eigenvalue weighted by Gasteiger charge is 2.66. The molecule has 1 fully saturated rings. The van der Waals surface area contributed by atoms with Gasteiger partial charge in [-0.05, 0) is 16.0 Å². The van der Waals surface area contributed by atoms with E-state index in [1.807, 2.05) is 0 Å². The Hall–Kier alpha value is -2.30. The van der Waals surface area contributed by atoms with Crippen molar-refractivity contribution in [3.05, 3.63) is 11.3 Å². The number of ether oxygens (including phenoxy) is 1. The third-order valence-corrected chi connectivity index (χ3v) is 7.76. The van der Waals surface area contributed by atoms with Gasteiger partial charge in [0.25, 0.3) is 11.6 Å². The Balaban J connectivity index is 1.75. The molecule has 3 heterocycles. The number of methoxy groups -OCH3 is 1. The lowest BCUT2D eigenvalue weighted by atomic mass is 9.98. The minimum atomic E-state index is -1.71. The Bertz CT molecular complexity index is 953. The molecule has 2 atom stereocenters. The van der Waals surface area contributed by atoms with Crippen molar-refractivity contribution in [1.82, 2.24) is 30.4 Å². The molecular formula is C15H18N6O7S3. The van der Waals surface area contributed by atoms with Gasteiger partial charge in [0.15, 0.2) is 0 Å². The number of hydrogen-bond donors (Lipinski definition) is 3. The molecule has 0 bridgehead atoms. The van der Waals surface area contributed by atoms with Crippen molar-refractivity contribution in [2.45, 2.75) is 16.3 Å². The van der Waals surface area contributed by atoms with Crippen molar-refractivity contribution >= 4 is 59.0 Å². The number of carbonyl (C=O) groups excluding carboxylic acids is 2. The van der Waals surface area contributed by atoms with Gasteiger partial charge in [0.2, 0.25) is 11.1 Å². The van der Waals surface area contributed by atoms with E-state index >= 15 is 0 Å². The number of rotatable bonds is 10. The molecule has 1 saturated heterocycles. The Morgan fingerprint density at radius 1 is 1.35 bits per heavy atom. The van der Waals surface area contributed by atoms with Crippen molar-refractivity contribution in [3.8, 4) is 0 Å². The molecule has 31 heavy (non-hydrogen) atoms. The summed E-state index contributed by atoms with van der Waals surface area (Å²) in [5.41, 5.74) is -1.35. The molecule has 2 amide bonds. The van der Waals surface area contributed by atoms with Crippen LogP contribution in [0.2, 0.25) is 0 Å². The molecule has 0 aromatic carbocycles. The minimum absolute atomic E-state index is 0.154. The first-order chi connectivity index (χ1) is 14.7. The smallest absolute Gasteiger partial charge is 0.352 e. The number of hydrogen-bond acceptors (Lipinski definition) is 11. The zero-order valence-corrected chi connectivity index (χ0v) is 18.8. The summed E-state index contributed by atoms with van der Waals surface area (Å²) < 4.78 is 6.78. The zero-order chi connectivity index (χ0) is 22.8. The van der Waals surface area contributed by atoms with E-state index in [9.17, 15) is 24.3 Å². The highest BCUT2D eigenvalue weighted by molar-refractivity contribution is 8.01. The fourth-order valence-corrected chi connectivity index (χ4v) is 5.99. The molecule has 0 radical (unpaired) electrons. The van der Waals surface area contributed by atoms with E-state index in [2.05, 4.69) is 20.8 Å². The summed E-state index contributed by atoms with van der Waals surface area (Å²) in [7, 11) is 2.90. The predicted octanol–water partition coefficient (Wildman–Crippen LogP) is -1.17. The summed E-state index contributed by atoms with van der Waals surface area (Å²) in [5, 5.41) is 31.7. The molecule has 0 spiro atoms. The van der Waals surface area contributed by atoms with Gasteiger partial charge in [0.05, 0.1) is 11.5 Å². The van der Waals surface area contributed by atoms with E-state index in [4.69, 9.17) is 9.84 Å². The largest absolute Gasteiger partial charge is 0.481 e. The summed E-state index contributed by atoms with van der Waals surface area (Å²) >= 11 is 3.38. The Kier molecular flexibility index (Phi) is 7.13. The van der Waals surface area contributed by atoms with E-state index in [0.29, 0.717) is 16.5 Å². The van der Waals surface area contributed by atoms with Crippen LogP contribution in [0.25, 0.3) is 0 Å². The number of nitrogens with one attached hydrogen (secondary N) is 1. The van der Waals surface area contributed by atoms with Gasteiger partial charge in [0, 0.05) is 25.7 Å². The van der Waals surface area contributed by atoms with Gasteiger partial charge in [-0.15, -0.1) is 28.6 Å². The van der Waals surface area contributed by atoms with Crippen molar-refractivity contribution in [2.24, 2.45) is 7.05 Å². The van der Waals surface area contributed by atoms with E-state index in [0.717, 1.165) is 16.7 Å². The first kappa shape index (κ1) is 23.4. The number of tetrazole rings is 1. The number of thioether (sulfide) groups is 3. The number of β-lactam (4-membered cyclic amide) rings is 1. The van der Waals surface area contributed by atoms with Gasteiger partial charge >= 0.3 is 11.9 Å². The van der Waals surface area contributed by atoms with Crippen LogP contribution in [0.5, 0.6) is 0 Å². The third-order valence-electron chi connectivity index (χ3n) is 4.38. The van der Waals surface area contributed by atoms with Gasteiger partial charge in [-0.3, -0.25) is 19.3 Å². The van der Waals surface area contributed by atoms with E-state index in [1.54, 1.807) is 7.05 Å². The molecule has 2 aliphatic rings. The Morgan fingerprint density at radius 2 is 2.10 bits per heavy atom. The molecule has 3 N–H and O–H groups in total. The first-order valence-electron chi connectivity index (χ1n) is 8.62. The van der Waals surface area contributed by atoms with E-state index < -0.39 is 34.9 Å². The lowest BCUT2D eigenvalue weighted by Gasteiger charge is -2.55. The van der Waals surface area contributed by atoms with Crippen LogP contribution in [-0.2, 0) is 31.0 Å². The maximum absolute atomic E-state index is 12.9. The highest BCUT2D eigenvalue weighted by Crippen LogP contribution is 2.47. The number of aryl methyl sites for hydroxylation is 1. The first-order valence-corrected chi connectivity index (χ1v) is 11.8. The molecule has 1 aromatic rings. The predicted molar refractivity (Wildman–Crippen MR) is 110 cm³/mol. The number of aromatic nitrogens is 4. The number of amides is 2. The van der Waals surface area contributed by atoms with Crippen LogP contribution in [0.4, 0.5) is 0 Å². The average molecular weight is 491 g/mol. The van der Waals surface area contributed by atoms with Crippen LogP contribution in [0.1, 0.15) is 0 Å². The van der Waals surface area contributed by atoms with Crippen molar-refractivity contribution in [3.63, 3.8) is 0 Å². The second-order valence-corrected chi connectivity index (χ2v) is 9.34. The van der Waals surface area contributed by atoms with Gasteiger partial charge in [0.1, 0.15) is 11.1 Å². The monoisotopic (exact) mass is 490 g/mol. The fourth-order valence-electron chi connectivity index (χ4n) is 3.02. The van der Waals surface area contributed by atoms with Crippen LogP contribution in [0.3, 0.4) is 0 Å². The number of nitrogens with zero attached hydrogens (tertiary/aromatic N) is 5. The lowest BCUT2D eigenvalue weighted by Crippen LogP contribution is -2.80. The van der Waals surface area contributed by atoms with Crippen molar-refractivity contribution < 1.29 is 34.1 Å². The van der Waals surface area contributed by atoms with E-state index in [-0.39, 0.29) is 23.0 Å². The summed E-state index contributed by atoms with van der Waals surface area (Å²) in [6, 6.07) is 0. The minimum Gasteiger partial charge on any atom is -0.481 e. The number of carboxylic acids is 2. The maximum atomic E-state index is 12.9. The summed E-state index contributed by atoms with van der Waals surface area (Å²) in [6.07, 6.45) is 0. The third kappa shape index (κ3) is 4.51. The second-order valence-electron chi connectivity index (χ2n) is 6.34. The SMILES string of the molecule is CO[C@@]1(NC(=O)CSCC(=O)O)C(=O)N2C(C(=O)O)=C(CSc3nnnn3C)CS[C@@H]21. The maximum Gasteiger partial charge on any atom is 0.352 e. The van der Waals surface area contributed by atoms with Crippen LogP contribution in [0.15, 0.2) is 16.4 Å². The topological polar surface area (TPSA) is 177 Å². The van der Waals surface area contributed by atoms with Gasteiger partial charge in [-0.2, -0.15) is 0 Å². The molecule has 13 nitrogen and oxygen atoms in total. The van der Waals surface area contributed by atoms with Crippen molar-refractivity contribution in [2.75, 3.05) is 30.1 Å². The van der Waals surface area contributed by atoms with Crippen LogP contribution >= 0.6 is 35.3 Å². The average Bonchev–Trinajstić information content (AvgIpc) is 3.13. The molecule has 0 unspecified atom stereocenters. The number of carbonyl (C=O) groups is 4. The number of aliphatic carboxylic acids is 2. The van der Waals surface area contributed by atoms with Crippen LogP contribution < -0.4 is 5.32 Å². The zero-order valence-electron chi connectivity index (χ0n) is 16.3. The number of fused-ring (bicyclic) bond motifs is 1. The molecule has 3 rings (SSSR count). The highest BCUT2D eigenvalue weighted by atomic mass is 32.2. The molecule has 168 valence electrons. The molecule has 0 aliphatic carbocycles. The summed E-state index contributed by atoms with van der Waals surface area (Å²) in [5.74, 6) is -3.51. The molecule has 0 saturated carbocycles. The van der Waals surface area contributed by atoms with Crippen molar-refractivity contribution in [1.29, 1.82) is 0 Å². The van der Waals surface area contributed by atoms with Gasteiger partial charge < -0.3 is 20.3 Å². The summed E-state index contributed by atoms with van der Waals surface area (Å²) in [6.45, 7) is 0. The Morgan fingerprint density at radius 3 is 2.68 bits per heavy atom. The lowest BCUT2D eigenvalue weighted by molar-refractivity contribution is -0.192. The fraction of sp³-hybridized carbons (Fsp3) is 0.533. The summed E-state index contributed by atoms with van der Waals surface area (Å²) in [4.78, 5) is 48.8. The molecule has 16 heteroatoms. The molecule has 1 aromatic heterocycles. The normalized spacial score (nSPS) is 22.7. The van der Waals surface area contributed by atoms with Gasteiger partial charge in [-0.25, -0.2) is 9.48 Å². The second kappa shape index (κ2) is 9.46. The van der Waals surface area contributed by atoms with Crippen LogP contribution in [-0.4, -0.2) is 100 Å². The molecule has 2 aliphatic heterocycles. The Labute approximate surface area is 188 Å². The van der Waals surface area contributed by atoms with Crippen LogP contribution in [0, 0.1) is 0 Å². The standard InChI is InChI=1S/C15H18N6O7S3/c1-20-14(17-18-19-20)31-4-7-3-30-13-15(28-2,12(27)21(13)10(7)11(25)26)16-8(22)5-29-6-9(23)24/h13H,3-6H2,1-2H3,(H,16,22)(H,23,24)(H,25,26)/t13-,15+/m1/s1. The number of carboxylic acid groups (broad SMARTS) is 2. The molecular weight excluding hydrogens is 472 g/mol. The quantitative estimate of drug-likeness (QED) is 0.203. The van der Waals surface area contributed by atoms with E-state index in [1.165, 1.54) is 35.3 Å².